The summed E-state index contributed by atoms with van der Waals surface area (Å²) in [5.74, 6) is -0.111. The summed E-state index contributed by atoms with van der Waals surface area (Å²) in [6.07, 6.45) is 1.03. The van der Waals surface area contributed by atoms with Gasteiger partial charge in [-0.05, 0) is 63.6 Å². The Morgan fingerprint density at radius 1 is 1.00 bits per heavy atom. The van der Waals surface area contributed by atoms with Gasteiger partial charge in [-0.25, -0.2) is 13.2 Å². The minimum atomic E-state index is -4.02. The Labute approximate surface area is 216 Å². The van der Waals surface area contributed by atoms with E-state index < -0.39 is 21.7 Å². The number of fused-ring (bicyclic) bond motifs is 1. The Hall–Kier alpha value is -3.73. The zero-order valence-electron chi connectivity index (χ0n) is 21.5. The van der Waals surface area contributed by atoms with Crippen LogP contribution in [0.2, 0.25) is 0 Å². The zero-order valence-corrected chi connectivity index (χ0v) is 22.3. The van der Waals surface area contributed by atoms with Crippen LogP contribution in [0.5, 0.6) is 5.75 Å². The van der Waals surface area contributed by atoms with Gasteiger partial charge in [0, 0.05) is 31.6 Å². The molecule has 0 atom stereocenters. The van der Waals surface area contributed by atoms with E-state index in [1.165, 1.54) is 25.5 Å². The van der Waals surface area contributed by atoms with Crippen LogP contribution in [-0.2, 0) is 14.8 Å². The Kier molecular flexibility index (Phi) is 7.09. The second-order valence-corrected chi connectivity index (χ2v) is 11.5. The Morgan fingerprint density at radius 3 is 2.32 bits per heavy atom. The van der Waals surface area contributed by atoms with Crippen LogP contribution >= 0.6 is 0 Å². The summed E-state index contributed by atoms with van der Waals surface area (Å²) in [5.41, 5.74) is 0.948. The van der Waals surface area contributed by atoms with Crippen molar-refractivity contribution in [1.29, 1.82) is 0 Å². The number of ether oxygens (including phenoxy) is 2. The first-order valence-electron chi connectivity index (χ1n) is 11.8. The number of hydrogen-bond donors (Lipinski definition) is 1. The second-order valence-electron chi connectivity index (χ2n) is 9.88. The van der Waals surface area contributed by atoms with E-state index in [-0.39, 0.29) is 27.8 Å². The molecule has 2 heterocycles. The van der Waals surface area contributed by atoms with Crippen molar-refractivity contribution in [2.24, 2.45) is 0 Å². The molecule has 3 aromatic rings. The van der Waals surface area contributed by atoms with Gasteiger partial charge in [0.25, 0.3) is 15.9 Å². The minimum absolute atomic E-state index is 0.00608. The normalized spacial score (nSPS) is 14.5. The molecule has 4 rings (SSSR count). The average Bonchev–Trinajstić information content (AvgIpc) is 3.30. The number of aryl methyl sites for hydroxylation is 1. The summed E-state index contributed by atoms with van der Waals surface area (Å²) < 4.78 is 45.3. The predicted molar refractivity (Wildman–Crippen MR) is 138 cm³/mol. The molecule has 11 heteroatoms. The highest BCUT2D eigenvalue weighted by atomic mass is 32.2. The molecule has 0 spiro atoms. The summed E-state index contributed by atoms with van der Waals surface area (Å²) in [6, 6.07) is 9.61. The Morgan fingerprint density at radius 2 is 1.68 bits per heavy atom. The van der Waals surface area contributed by atoms with Crippen LogP contribution in [-0.4, -0.2) is 69.1 Å². The first kappa shape index (κ1) is 26.3. The predicted octanol–water partition coefficient (Wildman–Crippen LogP) is 4.24. The SMILES string of the molecule is COc1ccc(C)cc1S(=O)(=O)Nc1cc(C(=O)N2CCN(C(=O)OC(C)(C)C)CC2)c2occc2c1. The number of furan rings is 1. The van der Waals surface area contributed by atoms with E-state index in [1.807, 2.05) is 0 Å². The van der Waals surface area contributed by atoms with Crippen molar-refractivity contribution in [3.05, 3.63) is 53.8 Å². The fourth-order valence-electron chi connectivity index (χ4n) is 4.09. The third-order valence-corrected chi connectivity index (χ3v) is 7.26. The number of hydrogen-bond acceptors (Lipinski definition) is 7. The lowest BCUT2D eigenvalue weighted by Crippen LogP contribution is -2.51. The number of rotatable bonds is 5. The number of amides is 2. The maximum absolute atomic E-state index is 13.5. The van der Waals surface area contributed by atoms with E-state index in [1.54, 1.807) is 61.8 Å². The summed E-state index contributed by atoms with van der Waals surface area (Å²) in [6.45, 7) is 8.44. The van der Waals surface area contributed by atoms with E-state index in [0.29, 0.717) is 37.1 Å². The molecule has 0 aliphatic carbocycles. The molecule has 198 valence electrons. The molecule has 1 aromatic heterocycles. The lowest BCUT2D eigenvalue weighted by atomic mass is 10.1. The molecule has 37 heavy (non-hydrogen) atoms. The zero-order chi connectivity index (χ0) is 27.0. The van der Waals surface area contributed by atoms with Crippen molar-refractivity contribution in [1.82, 2.24) is 9.80 Å². The maximum atomic E-state index is 13.5. The molecular formula is C26H31N3O7S. The maximum Gasteiger partial charge on any atom is 0.410 e. The van der Waals surface area contributed by atoms with Gasteiger partial charge in [0.05, 0.1) is 24.6 Å². The van der Waals surface area contributed by atoms with Crippen molar-refractivity contribution in [2.75, 3.05) is 38.0 Å². The van der Waals surface area contributed by atoms with E-state index in [9.17, 15) is 18.0 Å². The summed E-state index contributed by atoms with van der Waals surface area (Å²) in [5, 5.41) is 0.576. The van der Waals surface area contributed by atoms with Gasteiger partial charge in [-0.15, -0.1) is 0 Å². The number of carbonyl (C=O) groups excluding carboxylic acids is 2. The third kappa shape index (κ3) is 5.82. The summed E-state index contributed by atoms with van der Waals surface area (Å²) in [7, 11) is -2.61. The first-order valence-corrected chi connectivity index (χ1v) is 13.3. The van der Waals surface area contributed by atoms with Gasteiger partial charge in [0.15, 0.2) is 0 Å². The Balaban J connectivity index is 1.57. The van der Waals surface area contributed by atoms with Crippen molar-refractivity contribution < 1.29 is 31.9 Å². The number of methoxy groups -OCH3 is 1. The van der Waals surface area contributed by atoms with Gasteiger partial charge in [0.1, 0.15) is 21.8 Å². The molecule has 0 bridgehead atoms. The Bertz CT molecular complexity index is 1430. The monoisotopic (exact) mass is 529 g/mol. The van der Waals surface area contributed by atoms with Crippen LogP contribution < -0.4 is 9.46 Å². The number of nitrogens with zero attached hydrogens (tertiary/aromatic N) is 2. The molecule has 1 aliphatic rings. The van der Waals surface area contributed by atoms with Crippen LogP contribution in [0.15, 0.2) is 52.0 Å². The van der Waals surface area contributed by atoms with Gasteiger partial charge in [-0.3, -0.25) is 9.52 Å². The summed E-state index contributed by atoms with van der Waals surface area (Å²) >= 11 is 0. The molecule has 0 radical (unpaired) electrons. The van der Waals surface area contributed by atoms with E-state index in [0.717, 1.165) is 5.56 Å². The molecule has 1 saturated heterocycles. The second kappa shape index (κ2) is 9.97. The number of nitrogens with one attached hydrogen (secondary N) is 1. The van der Waals surface area contributed by atoms with Crippen LogP contribution in [0.4, 0.5) is 10.5 Å². The molecule has 1 aliphatic heterocycles. The standard InChI is InChI=1S/C26H31N3O7S/c1-17-6-7-21(34-5)22(14-17)37(32,33)27-19-15-18-8-13-35-23(18)20(16-19)24(30)28-9-11-29(12-10-28)25(31)36-26(2,3)4/h6-8,13-16,27H,9-12H2,1-5H3. The van der Waals surface area contributed by atoms with Crippen LogP contribution in [0.1, 0.15) is 36.7 Å². The smallest absolute Gasteiger partial charge is 0.410 e. The summed E-state index contributed by atoms with van der Waals surface area (Å²) in [4.78, 5) is 29.0. The average molecular weight is 530 g/mol. The quantitative estimate of drug-likeness (QED) is 0.525. The number of piperazine rings is 1. The molecule has 2 amide bonds. The van der Waals surface area contributed by atoms with Crippen molar-refractivity contribution >= 4 is 38.7 Å². The topological polar surface area (TPSA) is 118 Å². The lowest BCUT2D eigenvalue weighted by molar-refractivity contribution is 0.0141. The van der Waals surface area contributed by atoms with Gasteiger partial charge in [0.2, 0.25) is 0 Å². The largest absolute Gasteiger partial charge is 0.495 e. The van der Waals surface area contributed by atoms with Gasteiger partial charge >= 0.3 is 6.09 Å². The van der Waals surface area contributed by atoms with Crippen LogP contribution in [0.3, 0.4) is 0 Å². The molecule has 0 saturated carbocycles. The van der Waals surface area contributed by atoms with Gasteiger partial charge in [-0.1, -0.05) is 6.07 Å². The van der Waals surface area contributed by atoms with Crippen molar-refractivity contribution in [3.63, 3.8) is 0 Å². The number of anilines is 1. The van der Waals surface area contributed by atoms with Gasteiger partial charge in [-0.2, -0.15) is 0 Å². The van der Waals surface area contributed by atoms with Crippen LogP contribution in [0.25, 0.3) is 11.0 Å². The minimum Gasteiger partial charge on any atom is -0.495 e. The van der Waals surface area contributed by atoms with Gasteiger partial charge < -0.3 is 23.7 Å². The fraction of sp³-hybridized carbons (Fsp3) is 0.385. The molecule has 10 nitrogen and oxygen atoms in total. The first-order chi connectivity index (χ1) is 17.4. The van der Waals surface area contributed by atoms with E-state index >= 15 is 0 Å². The highest BCUT2D eigenvalue weighted by molar-refractivity contribution is 7.92. The molecule has 2 aromatic carbocycles. The van der Waals surface area contributed by atoms with E-state index in [4.69, 9.17) is 13.9 Å². The van der Waals surface area contributed by atoms with Crippen molar-refractivity contribution in [3.8, 4) is 5.75 Å². The van der Waals surface area contributed by atoms with E-state index in [2.05, 4.69) is 4.72 Å². The molecular weight excluding hydrogens is 498 g/mol. The highest BCUT2D eigenvalue weighted by Crippen LogP contribution is 2.31. The third-order valence-electron chi connectivity index (χ3n) is 5.86. The molecule has 1 fully saturated rings. The fourth-order valence-corrected chi connectivity index (χ4v) is 5.39. The molecule has 0 unspecified atom stereocenters. The van der Waals surface area contributed by atoms with Crippen molar-refractivity contribution in [2.45, 2.75) is 38.2 Å². The number of sulfonamides is 1. The van der Waals surface area contributed by atoms with Crippen LogP contribution in [0, 0.1) is 6.92 Å². The lowest BCUT2D eigenvalue weighted by Gasteiger charge is -2.35. The highest BCUT2D eigenvalue weighted by Gasteiger charge is 2.30. The molecule has 1 N–H and O–H groups in total. The number of benzene rings is 2. The number of carbonyl (C=O) groups is 2.